The minimum atomic E-state index is -0.425. The van der Waals surface area contributed by atoms with Gasteiger partial charge in [-0.15, -0.1) is 0 Å². The van der Waals surface area contributed by atoms with Crippen LogP contribution in [-0.4, -0.2) is 32.8 Å². The molecular formula is C19H17N5O2. The first-order valence-electron chi connectivity index (χ1n) is 8.08. The van der Waals surface area contributed by atoms with E-state index in [4.69, 9.17) is 4.74 Å². The van der Waals surface area contributed by atoms with Crippen molar-refractivity contribution in [1.29, 1.82) is 0 Å². The first-order chi connectivity index (χ1) is 12.7. The largest absolute Gasteiger partial charge is 0.465 e. The molecule has 0 spiro atoms. The molecule has 4 rings (SSSR count). The van der Waals surface area contributed by atoms with Crippen molar-refractivity contribution < 1.29 is 9.53 Å². The number of esters is 1. The van der Waals surface area contributed by atoms with Crippen LogP contribution in [0.3, 0.4) is 0 Å². The molecule has 0 bridgehead atoms. The van der Waals surface area contributed by atoms with Gasteiger partial charge in [0.15, 0.2) is 11.6 Å². The van der Waals surface area contributed by atoms with Crippen LogP contribution in [0, 0.1) is 0 Å². The normalized spacial score (nSPS) is 10.8. The number of nitrogens with zero attached hydrogens (tertiary/aromatic N) is 3. The molecule has 1 aromatic carbocycles. The lowest BCUT2D eigenvalue weighted by molar-refractivity contribution is 0.0602. The SMILES string of the molecule is COC(=O)c1cnc(Nc2ccn(C)n2)c2[nH]c(-c3ccccc3)cc12. The number of nitrogens with one attached hydrogen (secondary N) is 2. The zero-order valence-electron chi connectivity index (χ0n) is 14.4. The summed E-state index contributed by atoms with van der Waals surface area (Å²) in [6.07, 6.45) is 3.36. The third-order valence-electron chi connectivity index (χ3n) is 4.12. The van der Waals surface area contributed by atoms with Crippen LogP contribution >= 0.6 is 0 Å². The highest BCUT2D eigenvalue weighted by atomic mass is 16.5. The first kappa shape index (κ1) is 15.9. The number of pyridine rings is 1. The molecule has 130 valence electrons. The topological polar surface area (TPSA) is 84.8 Å². The fourth-order valence-corrected chi connectivity index (χ4v) is 2.86. The third-order valence-corrected chi connectivity index (χ3v) is 4.12. The molecule has 0 radical (unpaired) electrons. The van der Waals surface area contributed by atoms with Crippen LogP contribution in [0.15, 0.2) is 54.9 Å². The summed E-state index contributed by atoms with van der Waals surface area (Å²) >= 11 is 0. The lowest BCUT2D eigenvalue weighted by Gasteiger charge is -2.06. The summed E-state index contributed by atoms with van der Waals surface area (Å²) in [4.78, 5) is 19.9. The molecule has 0 atom stereocenters. The fourth-order valence-electron chi connectivity index (χ4n) is 2.86. The van der Waals surface area contributed by atoms with Crippen LogP contribution < -0.4 is 5.32 Å². The second kappa shape index (κ2) is 6.36. The van der Waals surface area contributed by atoms with Crippen molar-refractivity contribution in [3.8, 4) is 11.3 Å². The summed E-state index contributed by atoms with van der Waals surface area (Å²) in [5.41, 5.74) is 3.04. The monoisotopic (exact) mass is 347 g/mol. The van der Waals surface area contributed by atoms with Crippen LogP contribution in [0.5, 0.6) is 0 Å². The third kappa shape index (κ3) is 2.79. The maximum absolute atomic E-state index is 12.1. The van der Waals surface area contributed by atoms with Gasteiger partial charge in [-0.05, 0) is 11.6 Å². The van der Waals surface area contributed by atoms with Crippen LogP contribution in [0.2, 0.25) is 0 Å². The van der Waals surface area contributed by atoms with Gasteiger partial charge in [-0.2, -0.15) is 5.10 Å². The summed E-state index contributed by atoms with van der Waals surface area (Å²) in [6.45, 7) is 0. The summed E-state index contributed by atoms with van der Waals surface area (Å²) in [5, 5.41) is 8.24. The molecule has 0 saturated carbocycles. The Bertz CT molecular complexity index is 1080. The number of anilines is 2. The number of ether oxygens (including phenoxy) is 1. The standard InChI is InChI=1S/C19H17N5O2/c1-24-9-8-16(23-24)22-18-17-13(14(11-20-18)19(25)26-2)10-15(21-17)12-6-4-3-5-7-12/h3-11,21H,1-2H3,(H,20,22,23). The quantitative estimate of drug-likeness (QED) is 0.552. The van der Waals surface area contributed by atoms with Crippen LogP contribution in [-0.2, 0) is 11.8 Å². The second-order valence-corrected chi connectivity index (χ2v) is 5.85. The van der Waals surface area contributed by atoms with Gasteiger partial charge in [-0.1, -0.05) is 30.3 Å². The molecule has 0 saturated heterocycles. The van der Waals surface area contributed by atoms with Gasteiger partial charge in [0, 0.05) is 36.6 Å². The Kier molecular flexibility index (Phi) is 3.89. The van der Waals surface area contributed by atoms with Crippen LogP contribution in [0.25, 0.3) is 22.2 Å². The van der Waals surface area contributed by atoms with Crippen molar-refractivity contribution in [2.24, 2.45) is 7.05 Å². The Morgan fingerprint density at radius 2 is 2.04 bits per heavy atom. The van der Waals surface area contributed by atoms with E-state index >= 15 is 0 Å². The number of hydrogen-bond donors (Lipinski definition) is 2. The van der Waals surface area contributed by atoms with E-state index < -0.39 is 5.97 Å². The molecule has 0 unspecified atom stereocenters. The predicted octanol–water partition coefficient (Wildman–Crippen LogP) is 3.49. The molecule has 26 heavy (non-hydrogen) atoms. The van der Waals surface area contributed by atoms with E-state index in [1.54, 1.807) is 4.68 Å². The summed E-state index contributed by atoms with van der Waals surface area (Å²) < 4.78 is 6.59. The highest BCUT2D eigenvalue weighted by Gasteiger charge is 2.18. The highest BCUT2D eigenvalue weighted by molar-refractivity contribution is 6.08. The van der Waals surface area contributed by atoms with E-state index in [9.17, 15) is 4.79 Å². The van der Waals surface area contributed by atoms with Crippen LogP contribution in [0.4, 0.5) is 11.6 Å². The lowest BCUT2D eigenvalue weighted by Crippen LogP contribution is -2.04. The zero-order chi connectivity index (χ0) is 18.1. The summed E-state index contributed by atoms with van der Waals surface area (Å²) in [5.74, 6) is 0.835. The average Bonchev–Trinajstić information content (AvgIpc) is 3.29. The van der Waals surface area contributed by atoms with Crippen molar-refractivity contribution in [3.63, 3.8) is 0 Å². The molecule has 0 fully saturated rings. The minimum Gasteiger partial charge on any atom is -0.465 e. The first-order valence-corrected chi connectivity index (χ1v) is 8.08. The van der Waals surface area contributed by atoms with E-state index in [0.29, 0.717) is 17.2 Å². The van der Waals surface area contributed by atoms with Gasteiger partial charge in [-0.25, -0.2) is 9.78 Å². The smallest absolute Gasteiger partial charge is 0.340 e. The number of benzene rings is 1. The van der Waals surface area contributed by atoms with E-state index in [1.807, 2.05) is 55.7 Å². The molecule has 7 heteroatoms. The summed E-state index contributed by atoms with van der Waals surface area (Å²) in [6, 6.07) is 13.7. The molecule has 7 nitrogen and oxygen atoms in total. The Balaban J connectivity index is 1.87. The van der Waals surface area contributed by atoms with Crippen LogP contribution in [0.1, 0.15) is 10.4 Å². The Morgan fingerprint density at radius 3 is 2.73 bits per heavy atom. The zero-order valence-corrected chi connectivity index (χ0v) is 14.4. The Hall–Kier alpha value is -3.61. The second-order valence-electron chi connectivity index (χ2n) is 5.85. The maximum atomic E-state index is 12.1. The number of methoxy groups -OCH3 is 1. The van der Waals surface area contributed by atoms with Gasteiger partial charge in [0.2, 0.25) is 0 Å². The minimum absolute atomic E-state index is 0.410. The van der Waals surface area contributed by atoms with E-state index in [1.165, 1.54) is 13.3 Å². The molecule has 4 aromatic rings. The molecule has 3 heterocycles. The van der Waals surface area contributed by atoms with Gasteiger partial charge >= 0.3 is 5.97 Å². The molecule has 3 aromatic heterocycles. The number of hydrogen-bond acceptors (Lipinski definition) is 5. The molecule has 0 aliphatic carbocycles. The predicted molar refractivity (Wildman–Crippen MR) is 99.4 cm³/mol. The molecule has 2 N–H and O–H groups in total. The number of H-pyrrole nitrogens is 1. The van der Waals surface area contributed by atoms with Crippen molar-refractivity contribution in [3.05, 3.63) is 60.4 Å². The number of carbonyl (C=O) groups is 1. The number of aryl methyl sites for hydroxylation is 1. The van der Waals surface area contributed by atoms with Crippen molar-refractivity contribution in [2.45, 2.75) is 0 Å². The van der Waals surface area contributed by atoms with Crippen molar-refractivity contribution >= 4 is 28.5 Å². The molecular weight excluding hydrogens is 330 g/mol. The number of carbonyl (C=O) groups excluding carboxylic acids is 1. The van der Waals surface area contributed by atoms with Gasteiger partial charge in [0.25, 0.3) is 0 Å². The van der Waals surface area contributed by atoms with E-state index in [-0.39, 0.29) is 0 Å². The Labute approximate surface area is 149 Å². The molecule has 0 amide bonds. The maximum Gasteiger partial charge on any atom is 0.340 e. The fraction of sp³-hybridized carbons (Fsp3) is 0.105. The van der Waals surface area contributed by atoms with E-state index in [2.05, 4.69) is 20.4 Å². The number of aromatic nitrogens is 4. The average molecular weight is 347 g/mol. The number of rotatable bonds is 4. The van der Waals surface area contributed by atoms with Gasteiger partial charge < -0.3 is 15.0 Å². The lowest BCUT2D eigenvalue weighted by atomic mass is 10.1. The van der Waals surface area contributed by atoms with Gasteiger partial charge in [0.1, 0.15) is 0 Å². The number of fused-ring (bicyclic) bond motifs is 1. The van der Waals surface area contributed by atoms with Gasteiger partial charge in [-0.3, -0.25) is 4.68 Å². The van der Waals surface area contributed by atoms with Crippen molar-refractivity contribution in [2.75, 3.05) is 12.4 Å². The highest BCUT2D eigenvalue weighted by Crippen LogP contribution is 2.31. The summed E-state index contributed by atoms with van der Waals surface area (Å²) in [7, 11) is 3.20. The molecule has 0 aliphatic rings. The number of aromatic amines is 1. The van der Waals surface area contributed by atoms with Gasteiger partial charge in [0.05, 0.1) is 18.2 Å². The van der Waals surface area contributed by atoms with E-state index in [0.717, 1.165) is 22.2 Å². The molecule has 0 aliphatic heterocycles. The Morgan fingerprint density at radius 1 is 1.23 bits per heavy atom. The van der Waals surface area contributed by atoms with Crippen molar-refractivity contribution in [1.82, 2.24) is 19.7 Å².